The molecule has 3 atom stereocenters. The lowest BCUT2D eigenvalue weighted by atomic mass is 9.91. The van der Waals surface area contributed by atoms with Crippen LogP contribution in [-0.4, -0.2) is 19.2 Å². The van der Waals surface area contributed by atoms with E-state index in [1.54, 1.807) is 0 Å². The Labute approximate surface area is 122 Å². The lowest BCUT2D eigenvalue weighted by molar-refractivity contribution is 0.256. The predicted molar refractivity (Wildman–Crippen MR) is 83.3 cm³/mol. The minimum atomic E-state index is 0.621. The molecule has 0 saturated heterocycles. The Bertz CT molecular complexity index is 431. The molecule has 1 fully saturated rings. The van der Waals surface area contributed by atoms with Crippen LogP contribution in [0.2, 0.25) is 0 Å². The van der Waals surface area contributed by atoms with Crippen LogP contribution in [-0.2, 0) is 0 Å². The molecular formula is C18H27NO. The fraction of sp³-hybridized carbons (Fsp3) is 0.667. The first kappa shape index (κ1) is 13.9. The molecular weight excluding hydrogens is 246 g/mol. The largest absolute Gasteiger partial charge is 0.493 e. The molecule has 2 heteroatoms. The monoisotopic (exact) mass is 273 g/mol. The van der Waals surface area contributed by atoms with Gasteiger partial charge in [0.1, 0.15) is 5.75 Å². The number of hydrogen-bond acceptors (Lipinski definition) is 2. The fourth-order valence-corrected chi connectivity index (χ4v) is 3.72. The van der Waals surface area contributed by atoms with Crippen molar-refractivity contribution < 1.29 is 4.74 Å². The van der Waals surface area contributed by atoms with Crippen LogP contribution in [0.4, 0.5) is 0 Å². The summed E-state index contributed by atoms with van der Waals surface area (Å²) in [5, 5.41) is 3.87. The van der Waals surface area contributed by atoms with E-state index in [4.69, 9.17) is 4.74 Å². The Balaban J connectivity index is 1.61. The first-order chi connectivity index (χ1) is 9.84. The SMILES string of the molecule is CC1CCCCCC1NCC1CCOc2ccccc21. The Kier molecular flexibility index (Phi) is 4.62. The van der Waals surface area contributed by atoms with E-state index in [9.17, 15) is 0 Å². The summed E-state index contributed by atoms with van der Waals surface area (Å²) in [4.78, 5) is 0. The summed E-state index contributed by atoms with van der Waals surface area (Å²) in [6.07, 6.45) is 8.12. The highest BCUT2D eigenvalue weighted by atomic mass is 16.5. The van der Waals surface area contributed by atoms with Crippen molar-refractivity contribution in [3.63, 3.8) is 0 Å². The third kappa shape index (κ3) is 3.17. The molecule has 1 aliphatic heterocycles. The third-order valence-corrected chi connectivity index (χ3v) is 5.07. The van der Waals surface area contributed by atoms with E-state index in [1.807, 2.05) is 0 Å². The van der Waals surface area contributed by atoms with Crippen molar-refractivity contribution >= 4 is 0 Å². The minimum absolute atomic E-state index is 0.621. The van der Waals surface area contributed by atoms with Gasteiger partial charge < -0.3 is 10.1 Å². The van der Waals surface area contributed by atoms with Gasteiger partial charge in [0.05, 0.1) is 6.61 Å². The van der Waals surface area contributed by atoms with E-state index in [1.165, 1.54) is 37.7 Å². The Hall–Kier alpha value is -1.02. The first-order valence-electron chi connectivity index (χ1n) is 8.29. The van der Waals surface area contributed by atoms with Gasteiger partial charge >= 0.3 is 0 Å². The lowest BCUT2D eigenvalue weighted by Gasteiger charge is -2.29. The smallest absolute Gasteiger partial charge is 0.122 e. The van der Waals surface area contributed by atoms with E-state index >= 15 is 0 Å². The van der Waals surface area contributed by atoms with Gasteiger partial charge in [-0.05, 0) is 36.8 Å². The van der Waals surface area contributed by atoms with Gasteiger partial charge in [-0.1, -0.05) is 44.4 Å². The van der Waals surface area contributed by atoms with Crippen molar-refractivity contribution in [1.29, 1.82) is 0 Å². The van der Waals surface area contributed by atoms with Crippen molar-refractivity contribution in [3.8, 4) is 5.75 Å². The molecule has 2 aliphatic rings. The molecule has 110 valence electrons. The third-order valence-electron chi connectivity index (χ3n) is 5.07. The van der Waals surface area contributed by atoms with Gasteiger partial charge in [0.25, 0.3) is 0 Å². The zero-order valence-corrected chi connectivity index (χ0v) is 12.6. The summed E-state index contributed by atoms with van der Waals surface area (Å²) in [5.74, 6) is 2.54. The number of rotatable bonds is 3. The second-order valence-electron chi connectivity index (χ2n) is 6.50. The molecule has 0 aromatic heterocycles. The second-order valence-corrected chi connectivity index (χ2v) is 6.50. The molecule has 20 heavy (non-hydrogen) atoms. The highest BCUT2D eigenvalue weighted by Crippen LogP contribution is 2.33. The minimum Gasteiger partial charge on any atom is -0.493 e. The van der Waals surface area contributed by atoms with E-state index in [2.05, 4.69) is 36.5 Å². The number of benzene rings is 1. The summed E-state index contributed by atoms with van der Waals surface area (Å²) < 4.78 is 5.76. The molecule has 1 aromatic carbocycles. The molecule has 3 unspecified atom stereocenters. The van der Waals surface area contributed by atoms with Crippen LogP contribution in [0.1, 0.15) is 56.9 Å². The number of ether oxygens (including phenoxy) is 1. The Morgan fingerprint density at radius 3 is 2.90 bits per heavy atom. The van der Waals surface area contributed by atoms with Gasteiger partial charge in [-0.2, -0.15) is 0 Å². The Morgan fingerprint density at radius 1 is 1.10 bits per heavy atom. The average Bonchev–Trinajstić information content (AvgIpc) is 2.69. The van der Waals surface area contributed by atoms with Crippen molar-refractivity contribution in [2.45, 2.75) is 57.4 Å². The molecule has 0 amide bonds. The van der Waals surface area contributed by atoms with Crippen molar-refractivity contribution in [2.24, 2.45) is 5.92 Å². The maximum Gasteiger partial charge on any atom is 0.122 e. The zero-order valence-electron chi connectivity index (χ0n) is 12.6. The van der Waals surface area contributed by atoms with Crippen LogP contribution >= 0.6 is 0 Å². The Morgan fingerprint density at radius 2 is 1.95 bits per heavy atom. The van der Waals surface area contributed by atoms with Gasteiger partial charge in [-0.3, -0.25) is 0 Å². The van der Waals surface area contributed by atoms with Crippen LogP contribution in [0, 0.1) is 5.92 Å². The highest BCUT2D eigenvalue weighted by molar-refractivity contribution is 5.37. The first-order valence-corrected chi connectivity index (χ1v) is 8.29. The molecule has 0 bridgehead atoms. The van der Waals surface area contributed by atoms with Crippen LogP contribution < -0.4 is 10.1 Å². The standard InChI is InChI=1S/C18H27NO/c1-14-7-3-2-4-9-17(14)19-13-15-11-12-20-18-10-6-5-8-16(15)18/h5-6,8,10,14-15,17,19H,2-4,7,9,11-13H2,1H3. The van der Waals surface area contributed by atoms with Gasteiger partial charge in [0, 0.05) is 18.5 Å². The molecule has 2 nitrogen and oxygen atoms in total. The topological polar surface area (TPSA) is 21.3 Å². The van der Waals surface area contributed by atoms with E-state index < -0.39 is 0 Å². The predicted octanol–water partition coefficient (Wildman–Crippen LogP) is 4.11. The molecule has 1 aromatic rings. The number of hydrogen-bond donors (Lipinski definition) is 1. The molecule has 1 heterocycles. The number of fused-ring (bicyclic) bond motifs is 1. The maximum atomic E-state index is 5.76. The van der Waals surface area contributed by atoms with Crippen LogP contribution in [0.5, 0.6) is 5.75 Å². The van der Waals surface area contributed by atoms with E-state index in [-0.39, 0.29) is 0 Å². The zero-order chi connectivity index (χ0) is 13.8. The van der Waals surface area contributed by atoms with E-state index in [0.29, 0.717) is 12.0 Å². The molecule has 1 N–H and O–H groups in total. The van der Waals surface area contributed by atoms with Crippen molar-refractivity contribution in [2.75, 3.05) is 13.2 Å². The molecule has 0 radical (unpaired) electrons. The van der Waals surface area contributed by atoms with E-state index in [0.717, 1.165) is 31.2 Å². The van der Waals surface area contributed by atoms with Crippen molar-refractivity contribution in [3.05, 3.63) is 29.8 Å². The van der Waals surface area contributed by atoms with Crippen LogP contribution in [0.15, 0.2) is 24.3 Å². The quantitative estimate of drug-likeness (QED) is 0.837. The highest BCUT2D eigenvalue weighted by Gasteiger charge is 2.24. The van der Waals surface area contributed by atoms with Crippen LogP contribution in [0.25, 0.3) is 0 Å². The summed E-state index contributed by atoms with van der Waals surface area (Å²) in [6, 6.07) is 9.26. The summed E-state index contributed by atoms with van der Waals surface area (Å²) in [7, 11) is 0. The molecule has 1 saturated carbocycles. The van der Waals surface area contributed by atoms with Crippen LogP contribution in [0.3, 0.4) is 0 Å². The normalized spacial score (nSPS) is 30.1. The maximum absolute atomic E-state index is 5.76. The fourth-order valence-electron chi connectivity index (χ4n) is 3.72. The number of nitrogens with one attached hydrogen (secondary N) is 1. The van der Waals surface area contributed by atoms with Gasteiger partial charge in [0.2, 0.25) is 0 Å². The van der Waals surface area contributed by atoms with Gasteiger partial charge in [-0.15, -0.1) is 0 Å². The molecule has 0 spiro atoms. The van der Waals surface area contributed by atoms with Gasteiger partial charge in [0.15, 0.2) is 0 Å². The average molecular weight is 273 g/mol. The summed E-state index contributed by atoms with van der Waals surface area (Å²) >= 11 is 0. The van der Waals surface area contributed by atoms with Gasteiger partial charge in [-0.25, -0.2) is 0 Å². The lowest BCUT2D eigenvalue weighted by Crippen LogP contribution is -2.38. The second kappa shape index (κ2) is 6.62. The molecule has 3 rings (SSSR count). The number of para-hydroxylation sites is 1. The molecule has 1 aliphatic carbocycles. The summed E-state index contributed by atoms with van der Waals surface area (Å²) in [5.41, 5.74) is 1.40. The van der Waals surface area contributed by atoms with Crippen molar-refractivity contribution in [1.82, 2.24) is 5.32 Å². The summed E-state index contributed by atoms with van der Waals surface area (Å²) in [6.45, 7) is 4.39.